The van der Waals surface area contributed by atoms with Crippen molar-refractivity contribution < 1.29 is 19.2 Å². The van der Waals surface area contributed by atoms with Gasteiger partial charge in [0.1, 0.15) is 17.9 Å². The van der Waals surface area contributed by atoms with Gasteiger partial charge in [0, 0.05) is 28.2 Å². The highest BCUT2D eigenvalue weighted by Gasteiger charge is 2.29. The fraction of sp³-hybridized carbons (Fsp3) is 0.174. The Morgan fingerprint density at radius 2 is 1.81 bits per heavy atom. The molecule has 9 nitrogen and oxygen atoms in total. The fourth-order valence-electron chi connectivity index (χ4n) is 3.71. The van der Waals surface area contributed by atoms with E-state index in [1.807, 2.05) is 24.3 Å². The number of nitro groups is 1. The zero-order valence-electron chi connectivity index (χ0n) is 17.4. The Hall–Kier alpha value is -4.27. The van der Waals surface area contributed by atoms with Gasteiger partial charge < -0.3 is 9.72 Å². The molecule has 4 rings (SSSR count). The number of ketones is 1. The molecule has 0 amide bonds. The predicted octanol–water partition coefficient (Wildman–Crippen LogP) is 4.06. The first-order chi connectivity index (χ1) is 15.4. The van der Waals surface area contributed by atoms with Crippen LogP contribution in [0, 0.1) is 24.0 Å². The minimum atomic E-state index is -1.17. The third kappa shape index (κ3) is 3.87. The van der Waals surface area contributed by atoms with Gasteiger partial charge in [-0.3, -0.25) is 24.4 Å². The average molecular weight is 432 g/mol. The largest absolute Gasteiger partial charge is 0.448 e. The number of nitrogens with one attached hydrogen (secondary N) is 1. The van der Waals surface area contributed by atoms with Crippen molar-refractivity contribution in [2.75, 3.05) is 0 Å². The number of rotatable bonds is 7. The van der Waals surface area contributed by atoms with E-state index >= 15 is 0 Å². The van der Waals surface area contributed by atoms with Crippen molar-refractivity contribution in [3.8, 4) is 0 Å². The van der Waals surface area contributed by atoms with E-state index in [0.29, 0.717) is 11.1 Å². The second-order valence-electron chi connectivity index (χ2n) is 7.33. The molecule has 0 unspecified atom stereocenters. The molecular formula is C23H20N4O5. The number of H-pyrrole nitrogens is 1. The van der Waals surface area contributed by atoms with Gasteiger partial charge in [0.2, 0.25) is 5.78 Å². The van der Waals surface area contributed by atoms with Gasteiger partial charge in [-0.05, 0) is 19.9 Å². The molecule has 0 aliphatic rings. The minimum Gasteiger partial charge on any atom is -0.448 e. The average Bonchev–Trinajstić information content (AvgIpc) is 3.32. The lowest BCUT2D eigenvalue weighted by Crippen LogP contribution is -2.23. The predicted molar refractivity (Wildman–Crippen MR) is 116 cm³/mol. The maximum Gasteiger partial charge on any atom is 0.328 e. The van der Waals surface area contributed by atoms with E-state index in [4.69, 9.17) is 4.74 Å². The number of benzene rings is 2. The van der Waals surface area contributed by atoms with Crippen LogP contribution in [-0.4, -0.2) is 31.4 Å². The molecule has 0 radical (unpaired) electrons. The van der Waals surface area contributed by atoms with Crippen molar-refractivity contribution in [1.29, 1.82) is 0 Å². The van der Waals surface area contributed by atoms with Gasteiger partial charge in [0.25, 0.3) is 0 Å². The van der Waals surface area contributed by atoms with Crippen molar-refractivity contribution in [1.82, 2.24) is 14.8 Å². The Kier molecular flexibility index (Phi) is 5.55. The number of carbonyl (C=O) groups excluding carboxylic acids is 2. The van der Waals surface area contributed by atoms with Gasteiger partial charge in [-0.2, -0.15) is 5.10 Å². The summed E-state index contributed by atoms with van der Waals surface area (Å²) >= 11 is 0. The lowest BCUT2D eigenvalue weighted by Gasteiger charge is -2.17. The molecule has 2 aromatic heterocycles. The number of nitrogens with zero attached hydrogens (tertiary/aromatic N) is 3. The molecule has 4 aromatic rings. The molecule has 0 aliphatic carbocycles. The Labute approximate surface area is 182 Å². The fourth-order valence-corrected chi connectivity index (χ4v) is 3.71. The van der Waals surface area contributed by atoms with Crippen LogP contribution in [0.4, 0.5) is 5.69 Å². The molecule has 162 valence electrons. The van der Waals surface area contributed by atoms with Crippen LogP contribution in [-0.2, 0) is 16.1 Å². The number of carbonyl (C=O) groups is 2. The lowest BCUT2D eigenvalue weighted by molar-refractivity contribution is -0.386. The van der Waals surface area contributed by atoms with E-state index < -0.39 is 17.0 Å². The highest BCUT2D eigenvalue weighted by Crippen LogP contribution is 2.28. The maximum absolute atomic E-state index is 13.4. The third-order valence-electron chi connectivity index (χ3n) is 5.25. The van der Waals surface area contributed by atoms with Gasteiger partial charge in [-0.1, -0.05) is 48.5 Å². The number of aromatic amines is 1. The molecule has 0 saturated carbocycles. The zero-order chi connectivity index (χ0) is 22.8. The van der Waals surface area contributed by atoms with Crippen LogP contribution in [0.15, 0.2) is 60.8 Å². The monoisotopic (exact) mass is 432 g/mol. The number of hydrogen-bond acceptors (Lipinski definition) is 6. The normalized spacial score (nSPS) is 11.9. The molecule has 9 heteroatoms. The maximum atomic E-state index is 13.4. The van der Waals surface area contributed by atoms with E-state index in [9.17, 15) is 19.7 Å². The molecule has 1 atom stereocenters. The summed E-state index contributed by atoms with van der Waals surface area (Å²) in [7, 11) is 0. The first-order valence-electron chi connectivity index (χ1n) is 9.90. The molecule has 2 heterocycles. The van der Waals surface area contributed by atoms with Crippen LogP contribution in [0.25, 0.3) is 10.9 Å². The van der Waals surface area contributed by atoms with Crippen LogP contribution < -0.4 is 0 Å². The quantitative estimate of drug-likeness (QED) is 0.204. The second kappa shape index (κ2) is 8.46. The summed E-state index contributed by atoms with van der Waals surface area (Å²) in [5, 5.41) is 16.0. The standard InChI is InChI=1S/C23H20N4O5/c1-14-21(27(30)31)15(2)26(25-14)13-20(28)32-23(16-8-4-3-5-9-16)22(29)18-12-24-19-11-7-6-10-17(18)19/h3-12,23-24H,13H2,1-2H3/t23-/m1/s1. The summed E-state index contributed by atoms with van der Waals surface area (Å²) in [5.41, 5.74) is 2.02. The van der Waals surface area contributed by atoms with Crippen LogP contribution >= 0.6 is 0 Å². The Morgan fingerprint density at radius 1 is 1.12 bits per heavy atom. The highest BCUT2D eigenvalue weighted by molar-refractivity contribution is 6.10. The van der Waals surface area contributed by atoms with Crippen molar-refractivity contribution in [2.24, 2.45) is 0 Å². The van der Waals surface area contributed by atoms with Gasteiger partial charge in [-0.25, -0.2) is 0 Å². The first-order valence-corrected chi connectivity index (χ1v) is 9.90. The summed E-state index contributed by atoms with van der Waals surface area (Å²) in [5.74, 6) is -1.10. The zero-order valence-corrected chi connectivity index (χ0v) is 17.4. The summed E-state index contributed by atoms with van der Waals surface area (Å²) in [6.07, 6.45) is 0.427. The minimum absolute atomic E-state index is 0.146. The second-order valence-corrected chi connectivity index (χ2v) is 7.33. The van der Waals surface area contributed by atoms with Crippen molar-refractivity contribution >= 4 is 28.3 Å². The molecule has 32 heavy (non-hydrogen) atoms. The summed E-state index contributed by atoms with van der Waals surface area (Å²) in [4.78, 5) is 39.9. The number of hydrogen-bond donors (Lipinski definition) is 1. The van der Waals surface area contributed by atoms with E-state index in [0.717, 1.165) is 10.9 Å². The molecule has 0 saturated heterocycles. The number of para-hydroxylation sites is 1. The Morgan fingerprint density at radius 3 is 2.50 bits per heavy atom. The van der Waals surface area contributed by atoms with E-state index in [1.54, 1.807) is 36.5 Å². The smallest absolute Gasteiger partial charge is 0.328 e. The number of ether oxygens (including phenoxy) is 1. The van der Waals surface area contributed by atoms with Crippen molar-refractivity contribution in [3.05, 3.63) is 93.4 Å². The Bertz CT molecular complexity index is 1320. The van der Waals surface area contributed by atoms with Crippen LogP contribution in [0.1, 0.15) is 33.4 Å². The molecule has 0 aliphatic heterocycles. The molecule has 0 fully saturated rings. The summed E-state index contributed by atoms with van der Waals surface area (Å²) in [6.45, 7) is 2.66. The summed E-state index contributed by atoms with van der Waals surface area (Å²) in [6, 6.07) is 16.1. The SMILES string of the molecule is Cc1nn(CC(=O)O[C@@H](C(=O)c2c[nH]c3ccccc23)c2ccccc2)c(C)c1[N+](=O)[O-]. The molecular weight excluding hydrogens is 412 g/mol. The van der Waals surface area contributed by atoms with E-state index in [1.165, 1.54) is 18.5 Å². The van der Waals surface area contributed by atoms with Crippen molar-refractivity contribution in [2.45, 2.75) is 26.5 Å². The Balaban J connectivity index is 1.64. The van der Waals surface area contributed by atoms with Crippen molar-refractivity contribution in [3.63, 3.8) is 0 Å². The first kappa shape index (κ1) is 21.0. The lowest BCUT2D eigenvalue weighted by atomic mass is 9.99. The summed E-state index contributed by atoms with van der Waals surface area (Å²) < 4.78 is 6.82. The number of Topliss-reactive ketones (excluding diaryl/α,β-unsaturated/α-hetero) is 1. The van der Waals surface area contributed by atoms with Crippen LogP contribution in [0.2, 0.25) is 0 Å². The highest BCUT2D eigenvalue weighted by atomic mass is 16.6. The molecule has 0 spiro atoms. The van der Waals surface area contributed by atoms with E-state index in [-0.39, 0.29) is 29.4 Å². The van der Waals surface area contributed by atoms with Gasteiger partial charge in [-0.15, -0.1) is 0 Å². The number of esters is 1. The number of aryl methyl sites for hydroxylation is 1. The molecule has 2 aromatic carbocycles. The number of aromatic nitrogens is 3. The molecule has 1 N–H and O–H groups in total. The molecule has 0 bridgehead atoms. The third-order valence-corrected chi connectivity index (χ3v) is 5.25. The van der Waals surface area contributed by atoms with Gasteiger partial charge >= 0.3 is 11.7 Å². The van der Waals surface area contributed by atoms with E-state index in [2.05, 4.69) is 10.1 Å². The topological polar surface area (TPSA) is 120 Å². The van der Waals surface area contributed by atoms with Gasteiger partial charge in [0.15, 0.2) is 6.10 Å². The number of fused-ring (bicyclic) bond motifs is 1. The van der Waals surface area contributed by atoms with Gasteiger partial charge in [0.05, 0.1) is 4.92 Å². The van der Waals surface area contributed by atoms with Crippen LogP contribution in [0.3, 0.4) is 0 Å². The van der Waals surface area contributed by atoms with Crippen LogP contribution in [0.5, 0.6) is 0 Å².